The third kappa shape index (κ3) is 2.66. The van der Waals surface area contributed by atoms with Gasteiger partial charge in [-0.05, 0) is 66.2 Å². The minimum absolute atomic E-state index is 0.570. The molecule has 1 aromatic rings. The third-order valence-corrected chi connectivity index (χ3v) is 5.20. The average Bonchev–Trinajstić information content (AvgIpc) is 3.25. The Bertz CT molecular complexity index is 580. The molecule has 0 radical (unpaired) electrons. The summed E-state index contributed by atoms with van der Waals surface area (Å²) in [5.41, 5.74) is 7.13. The maximum atomic E-state index is 4.10. The fraction of sp³-hybridized carbons (Fsp3) is 0.500. The molecule has 0 saturated heterocycles. The Morgan fingerprint density at radius 3 is 2.81 bits per heavy atom. The van der Waals surface area contributed by atoms with Gasteiger partial charge in [-0.15, -0.1) is 0 Å². The molecule has 1 saturated carbocycles. The van der Waals surface area contributed by atoms with Crippen LogP contribution in [0.2, 0.25) is 0 Å². The highest BCUT2D eigenvalue weighted by molar-refractivity contribution is 5.81. The monoisotopic (exact) mass is 281 g/mol. The number of nitrogens with one attached hydrogen (secondary N) is 1. The smallest absolute Gasteiger partial charge is 0.0416 e. The summed E-state index contributed by atoms with van der Waals surface area (Å²) >= 11 is 0. The van der Waals surface area contributed by atoms with Crippen molar-refractivity contribution >= 4 is 11.3 Å². The number of fused-ring (bicyclic) bond motifs is 1. The van der Waals surface area contributed by atoms with E-state index in [1.807, 2.05) is 7.05 Å². The highest BCUT2D eigenvalue weighted by Gasteiger charge is 2.41. The minimum Gasteiger partial charge on any atom is -0.388 e. The van der Waals surface area contributed by atoms with E-state index in [4.69, 9.17) is 0 Å². The standard InChI is InChI=1S/C20H27N/c1-5-16-17(8-6-7-15-11-19(15)16)18-10-9-14(13(2)3)12-20(18)21-4/h5,9-10,12-13,15,19,21H,1,6-8,11H2,2-4H3. The van der Waals surface area contributed by atoms with E-state index < -0.39 is 0 Å². The lowest BCUT2D eigenvalue weighted by molar-refractivity contribution is 0.667. The molecule has 0 aliphatic heterocycles. The molecule has 2 aliphatic rings. The van der Waals surface area contributed by atoms with Gasteiger partial charge in [-0.25, -0.2) is 0 Å². The summed E-state index contributed by atoms with van der Waals surface area (Å²) in [6.45, 7) is 8.61. The van der Waals surface area contributed by atoms with Crippen molar-refractivity contribution in [3.8, 4) is 0 Å². The summed E-state index contributed by atoms with van der Waals surface area (Å²) in [7, 11) is 2.04. The molecule has 3 rings (SSSR count). The molecule has 1 aromatic carbocycles. The zero-order valence-electron chi connectivity index (χ0n) is 13.6. The maximum absolute atomic E-state index is 4.10. The molecule has 1 fully saturated rings. The fourth-order valence-corrected chi connectivity index (χ4v) is 3.81. The van der Waals surface area contributed by atoms with Crippen LogP contribution in [0, 0.1) is 11.8 Å². The van der Waals surface area contributed by atoms with Gasteiger partial charge in [0, 0.05) is 18.3 Å². The lowest BCUT2D eigenvalue weighted by Crippen LogP contribution is -2.00. The number of benzene rings is 1. The molecule has 0 heterocycles. The van der Waals surface area contributed by atoms with Crippen LogP contribution in [0.4, 0.5) is 5.69 Å². The first-order valence-electron chi connectivity index (χ1n) is 8.33. The normalized spacial score (nSPS) is 24.6. The van der Waals surface area contributed by atoms with E-state index in [9.17, 15) is 0 Å². The quantitative estimate of drug-likeness (QED) is 0.756. The molecule has 21 heavy (non-hydrogen) atoms. The first-order chi connectivity index (χ1) is 10.2. The molecule has 1 nitrogen and oxygen atoms in total. The molecule has 0 bridgehead atoms. The highest BCUT2D eigenvalue weighted by Crippen LogP contribution is 2.53. The number of anilines is 1. The molecule has 0 spiro atoms. The molecule has 2 atom stereocenters. The summed E-state index contributed by atoms with van der Waals surface area (Å²) in [6.07, 6.45) is 7.42. The summed E-state index contributed by atoms with van der Waals surface area (Å²) in [4.78, 5) is 0. The van der Waals surface area contributed by atoms with E-state index in [-0.39, 0.29) is 0 Å². The summed E-state index contributed by atoms with van der Waals surface area (Å²) in [5, 5.41) is 3.41. The van der Waals surface area contributed by atoms with E-state index in [2.05, 4.69) is 50.0 Å². The topological polar surface area (TPSA) is 12.0 Å². The van der Waals surface area contributed by atoms with Crippen LogP contribution in [0.15, 0.2) is 36.4 Å². The van der Waals surface area contributed by atoms with Crippen molar-refractivity contribution < 1.29 is 0 Å². The Labute approximate surface area is 129 Å². The maximum Gasteiger partial charge on any atom is 0.0416 e. The number of rotatable bonds is 4. The molecule has 112 valence electrons. The van der Waals surface area contributed by atoms with Crippen LogP contribution >= 0.6 is 0 Å². The first-order valence-corrected chi connectivity index (χ1v) is 8.33. The van der Waals surface area contributed by atoms with Gasteiger partial charge in [0.05, 0.1) is 0 Å². The van der Waals surface area contributed by atoms with E-state index in [0.29, 0.717) is 5.92 Å². The van der Waals surface area contributed by atoms with Gasteiger partial charge in [0.25, 0.3) is 0 Å². The van der Waals surface area contributed by atoms with Crippen LogP contribution in [0.5, 0.6) is 0 Å². The van der Waals surface area contributed by atoms with Crippen LogP contribution in [-0.2, 0) is 0 Å². The van der Waals surface area contributed by atoms with E-state index in [1.165, 1.54) is 53.6 Å². The van der Waals surface area contributed by atoms with Gasteiger partial charge in [0.1, 0.15) is 0 Å². The van der Waals surface area contributed by atoms with Gasteiger partial charge in [0.15, 0.2) is 0 Å². The molecular formula is C20H27N. The van der Waals surface area contributed by atoms with Gasteiger partial charge in [-0.1, -0.05) is 38.6 Å². The van der Waals surface area contributed by atoms with Crippen molar-refractivity contribution in [3.05, 3.63) is 47.6 Å². The first kappa shape index (κ1) is 14.4. The number of allylic oxidation sites excluding steroid dienone is 3. The second-order valence-corrected chi connectivity index (χ2v) is 6.84. The molecule has 1 heteroatoms. The molecule has 0 aromatic heterocycles. The van der Waals surface area contributed by atoms with Crippen molar-refractivity contribution in [2.45, 2.75) is 45.4 Å². The lowest BCUT2D eigenvalue weighted by atomic mass is 9.91. The molecule has 2 unspecified atom stereocenters. The Hall–Kier alpha value is -1.50. The van der Waals surface area contributed by atoms with Crippen LogP contribution < -0.4 is 5.32 Å². The van der Waals surface area contributed by atoms with Crippen molar-refractivity contribution in [3.63, 3.8) is 0 Å². The number of hydrogen-bond donors (Lipinski definition) is 1. The predicted molar refractivity (Wildman–Crippen MR) is 92.6 cm³/mol. The molecule has 1 N–H and O–H groups in total. The fourth-order valence-electron chi connectivity index (χ4n) is 3.81. The van der Waals surface area contributed by atoms with Crippen molar-refractivity contribution in [2.75, 3.05) is 12.4 Å². The summed E-state index contributed by atoms with van der Waals surface area (Å²) in [6, 6.07) is 6.94. The zero-order valence-corrected chi connectivity index (χ0v) is 13.6. The molecule has 0 amide bonds. The Morgan fingerprint density at radius 1 is 1.33 bits per heavy atom. The van der Waals surface area contributed by atoms with Gasteiger partial charge in [0.2, 0.25) is 0 Å². The van der Waals surface area contributed by atoms with Crippen molar-refractivity contribution in [2.24, 2.45) is 11.8 Å². The Balaban J connectivity index is 2.07. The predicted octanol–water partition coefficient (Wildman–Crippen LogP) is 5.61. The zero-order chi connectivity index (χ0) is 15.0. The van der Waals surface area contributed by atoms with Crippen LogP contribution in [0.25, 0.3) is 5.57 Å². The Morgan fingerprint density at radius 2 is 2.14 bits per heavy atom. The Kier molecular flexibility index (Phi) is 3.93. The van der Waals surface area contributed by atoms with E-state index in [1.54, 1.807) is 0 Å². The largest absolute Gasteiger partial charge is 0.388 e. The van der Waals surface area contributed by atoms with Crippen molar-refractivity contribution in [1.82, 2.24) is 0 Å². The molecular weight excluding hydrogens is 254 g/mol. The van der Waals surface area contributed by atoms with Crippen LogP contribution in [0.3, 0.4) is 0 Å². The number of hydrogen-bond acceptors (Lipinski definition) is 1. The van der Waals surface area contributed by atoms with E-state index >= 15 is 0 Å². The minimum atomic E-state index is 0.570. The average molecular weight is 281 g/mol. The lowest BCUT2D eigenvalue weighted by Gasteiger charge is -2.18. The third-order valence-electron chi connectivity index (χ3n) is 5.20. The van der Waals surface area contributed by atoms with Gasteiger partial charge in [-0.2, -0.15) is 0 Å². The van der Waals surface area contributed by atoms with Gasteiger partial charge < -0.3 is 5.32 Å². The highest BCUT2D eigenvalue weighted by atomic mass is 14.8. The van der Waals surface area contributed by atoms with Crippen molar-refractivity contribution in [1.29, 1.82) is 0 Å². The van der Waals surface area contributed by atoms with E-state index in [0.717, 1.165) is 11.8 Å². The summed E-state index contributed by atoms with van der Waals surface area (Å²) < 4.78 is 0. The summed E-state index contributed by atoms with van der Waals surface area (Å²) in [5.74, 6) is 2.29. The van der Waals surface area contributed by atoms with Gasteiger partial charge >= 0.3 is 0 Å². The molecule has 2 aliphatic carbocycles. The second kappa shape index (κ2) is 5.71. The van der Waals surface area contributed by atoms with Crippen LogP contribution in [0.1, 0.15) is 56.6 Å². The SMILES string of the molecule is C=CC1=C(c2ccc(C(C)C)cc2NC)CCCC2CC12. The van der Waals surface area contributed by atoms with Crippen LogP contribution in [-0.4, -0.2) is 7.05 Å². The second-order valence-electron chi connectivity index (χ2n) is 6.84. The van der Waals surface area contributed by atoms with Gasteiger partial charge in [-0.3, -0.25) is 0 Å².